The van der Waals surface area contributed by atoms with E-state index in [2.05, 4.69) is 33.4 Å². The molecule has 1 aliphatic carbocycles. The van der Waals surface area contributed by atoms with E-state index in [1.807, 2.05) is 6.20 Å². The second-order valence-electron chi connectivity index (χ2n) is 9.91. The predicted molar refractivity (Wildman–Crippen MR) is 141 cm³/mol. The highest BCUT2D eigenvalue weighted by atomic mass is 19.4. The Balaban J connectivity index is 1.34. The highest BCUT2D eigenvalue weighted by Gasteiger charge is 2.40. The number of fused-ring (bicyclic) bond motifs is 1. The maximum Gasteiger partial charge on any atom is 0.416 e. The molecule has 1 N–H and O–H groups in total. The second-order valence-corrected chi connectivity index (χ2v) is 9.91. The summed E-state index contributed by atoms with van der Waals surface area (Å²) in [7, 11) is 1.50. The van der Waals surface area contributed by atoms with Crippen molar-refractivity contribution >= 4 is 17.5 Å². The summed E-state index contributed by atoms with van der Waals surface area (Å²) in [4.78, 5) is 14.4. The average molecular weight is 559 g/mol. The molecule has 2 aliphatic rings. The van der Waals surface area contributed by atoms with Crippen LogP contribution in [0.3, 0.4) is 0 Å². The minimum absolute atomic E-state index is 0.0579. The fourth-order valence-corrected chi connectivity index (χ4v) is 4.74. The number of benzene rings is 1. The molecule has 0 amide bonds. The third kappa shape index (κ3) is 5.70. The molecular formula is C28H27F5N6O. The highest BCUT2D eigenvalue weighted by Crippen LogP contribution is 2.39. The van der Waals surface area contributed by atoms with E-state index in [0.717, 1.165) is 12.1 Å². The molecule has 7 nitrogen and oxygen atoms in total. The van der Waals surface area contributed by atoms with Gasteiger partial charge in [-0.3, -0.25) is 0 Å². The van der Waals surface area contributed by atoms with Crippen molar-refractivity contribution in [1.82, 2.24) is 19.5 Å². The molecule has 0 saturated heterocycles. The molecule has 0 spiro atoms. The Labute approximate surface area is 227 Å². The number of likely N-dealkylation sites (N-methyl/N-ethyl adjacent to an activating group) is 1. The van der Waals surface area contributed by atoms with Crippen LogP contribution in [0.1, 0.15) is 25.0 Å². The Hall–Kier alpha value is -4.22. The summed E-state index contributed by atoms with van der Waals surface area (Å²) in [5.74, 6) is -0.468. The lowest BCUT2D eigenvalue weighted by atomic mass is 9.82. The molecule has 0 radical (unpaired) electrons. The normalized spacial score (nSPS) is 17.6. The van der Waals surface area contributed by atoms with Crippen LogP contribution < -0.4 is 15.0 Å². The number of halogens is 5. The lowest BCUT2D eigenvalue weighted by Crippen LogP contribution is -2.44. The van der Waals surface area contributed by atoms with Gasteiger partial charge in [-0.05, 0) is 42.2 Å². The number of nitrogens with zero attached hydrogens (tertiary/aromatic N) is 5. The van der Waals surface area contributed by atoms with E-state index < -0.39 is 35.0 Å². The summed E-state index contributed by atoms with van der Waals surface area (Å²) >= 11 is 0. The maximum absolute atomic E-state index is 15.0. The van der Waals surface area contributed by atoms with Crippen LogP contribution in [-0.2, 0) is 6.42 Å². The zero-order valence-corrected chi connectivity index (χ0v) is 21.7. The third-order valence-electron chi connectivity index (χ3n) is 7.14. The Morgan fingerprint density at radius 2 is 2.00 bits per heavy atom. The van der Waals surface area contributed by atoms with Crippen molar-refractivity contribution in [2.45, 2.75) is 37.9 Å². The lowest BCUT2D eigenvalue weighted by Gasteiger charge is -2.36. The fraction of sp³-hybridized carbons (Fsp3) is 0.321. The van der Waals surface area contributed by atoms with Crippen molar-refractivity contribution in [2.24, 2.45) is 5.92 Å². The average Bonchev–Trinajstić information content (AvgIpc) is 3.33. The number of imidazole rings is 1. The van der Waals surface area contributed by atoms with Crippen LogP contribution in [0.2, 0.25) is 0 Å². The Morgan fingerprint density at radius 3 is 2.65 bits per heavy atom. The molecule has 1 unspecified atom stereocenters. The number of allylic oxidation sites excluding steroid dienone is 2. The SMILES string of the molecule is C=C(F)/C=C(\C(=C)C(F)(F)F)C1COc2cnc(Nc3ccc(-n4cnc(CC5CCC5)c4)c(F)c3)nc2N1C. The molecular weight excluding hydrogens is 531 g/mol. The number of alkyl halides is 3. The van der Waals surface area contributed by atoms with Gasteiger partial charge in [-0.2, -0.15) is 18.2 Å². The van der Waals surface area contributed by atoms with Crippen LogP contribution in [0, 0.1) is 11.7 Å². The zero-order chi connectivity index (χ0) is 28.6. The van der Waals surface area contributed by atoms with E-state index in [4.69, 9.17) is 4.74 Å². The molecule has 1 fully saturated rings. The number of hydrogen-bond acceptors (Lipinski definition) is 6. The van der Waals surface area contributed by atoms with Crippen LogP contribution >= 0.6 is 0 Å². The fourth-order valence-electron chi connectivity index (χ4n) is 4.74. The molecule has 1 atom stereocenters. The van der Waals surface area contributed by atoms with E-state index in [9.17, 15) is 17.6 Å². The first-order valence-electron chi connectivity index (χ1n) is 12.6. The minimum atomic E-state index is -4.79. The Bertz CT molecular complexity index is 1480. The number of rotatable bonds is 8. The van der Waals surface area contributed by atoms with Crippen LogP contribution in [0.5, 0.6) is 5.75 Å². The van der Waals surface area contributed by atoms with Gasteiger partial charge in [0, 0.05) is 18.9 Å². The van der Waals surface area contributed by atoms with Gasteiger partial charge in [0.15, 0.2) is 11.6 Å². The highest BCUT2D eigenvalue weighted by molar-refractivity contribution is 5.63. The van der Waals surface area contributed by atoms with Gasteiger partial charge in [-0.1, -0.05) is 32.4 Å². The molecule has 210 valence electrons. The Kier molecular flexibility index (Phi) is 7.35. The number of ether oxygens (including phenoxy) is 1. The predicted octanol–water partition coefficient (Wildman–Crippen LogP) is 6.61. The van der Waals surface area contributed by atoms with Gasteiger partial charge in [0.1, 0.15) is 18.3 Å². The second kappa shape index (κ2) is 10.7. The van der Waals surface area contributed by atoms with Crippen LogP contribution in [0.15, 0.2) is 73.1 Å². The quantitative estimate of drug-likeness (QED) is 0.248. The topological polar surface area (TPSA) is 68.1 Å². The first kappa shape index (κ1) is 27.4. The molecule has 3 aromatic rings. The number of aromatic nitrogens is 4. The molecule has 1 aromatic carbocycles. The lowest BCUT2D eigenvalue weighted by molar-refractivity contribution is -0.0895. The van der Waals surface area contributed by atoms with E-state index in [0.29, 0.717) is 23.4 Å². The van der Waals surface area contributed by atoms with Crippen molar-refractivity contribution in [1.29, 1.82) is 0 Å². The monoisotopic (exact) mass is 558 g/mol. The first-order chi connectivity index (χ1) is 19.0. The first-order valence-corrected chi connectivity index (χ1v) is 12.6. The maximum atomic E-state index is 15.0. The molecule has 1 saturated carbocycles. The van der Waals surface area contributed by atoms with Crippen LogP contribution in [0.25, 0.3) is 5.69 Å². The van der Waals surface area contributed by atoms with E-state index >= 15 is 4.39 Å². The van der Waals surface area contributed by atoms with E-state index in [1.54, 1.807) is 23.0 Å². The van der Waals surface area contributed by atoms with Gasteiger partial charge >= 0.3 is 6.18 Å². The Morgan fingerprint density at radius 1 is 1.23 bits per heavy atom. The number of hydrogen-bond donors (Lipinski definition) is 1. The van der Waals surface area contributed by atoms with Crippen molar-refractivity contribution in [2.75, 3.05) is 23.9 Å². The van der Waals surface area contributed by atoms with Crippen molar-refractivity contribution in [3.8, 4) is 11.4 Å². The molecule has 0 bridgehead atoms. The molecule has 40 heavy (non-hydrogen) atoms. The molecule has 3 heterocycles. The van der Waals surface area contributed by atoms with Gasteiger partial charge in [-0.25, -0.2) is 18.7 Å². The van der Waals surface area contributed by atoms with Crippen molar-refractivity contribution in [3.05, 3.63) is 84.6 Å². The van der Waals surface area contributed by atoms with E-state index in [-0.39, 0.29) is 24.1 Å². The minimum Gasteiger partial charge on any atom is -0.486 e. The zero-order valence-electron chi connectivity index (χ0n) is 21.7. The van der Waals surface area contributed by atoms with E-state index in [1.165, 1.54) is 43.5 Å². The number of anilines is 3. The van der Waals surface area contributed by atoms with Gasteiger partial charge in [0.2, 0.25) is 5.95 Å². The van der Waals surface area contributed by atoms with Gasteiger partial charge < -0.3 is 19.5 Å². The smallest absolute Gasteiger partial charge is 0.416 e. The third-order valence-corrected chi connectivity index (χ3v) is 7.14. The largest absolute Gasteiger partial charge is 0.486 e. The summed E-state index contributed by atoms with van der Waals surface area (Å²) in [5.41, 5.74) is -0.0443. The summed E-state index contributed by atoms with van der Waals surface area (Å²) in [6.07, 6.45) is 5.20. The molecule has 1 aliphatic heterocycles. The van der Waals surface area contributed by atoms with Gasteiger partial charge in [-0.15, -0.1) is 0 Å². The molecule has 12 heteroatoms. The summed E-state index contributed by atoms with van der Waals surface area (Å²) in [6.45, 7) is 5.93. The standard InChI is InChI=1S/C28H27F5N6O/c1-16(29)9-21(17(2)28(31,32)33)24-14-40-25-12-34-27(37-26(25)38(24)3)36-19-7-8-23(22(30)11-19)39-13-20(35-15-39)10-18-5-4-6-18/h7-9,11-13,15,18,24H,1-2,4-6,10,14H2,3H3,(H,34,36,37)/b21-9+. The van der Waals surface area contributed by atoms with Gasteiger partial charge in [0.25, 0.3) is 0 Å². The summed E-state index contributed by atoms with van der Waals surface area (Å²) in [6, 6.07) is 3.47. The van der Waals surface area contributed by atoms with Crippen molar-refractivity contribution < 1.29 is 26.7 Å². The van der Waals surface area contributed by atoms with Crippen LogP contribution in [-0.4, -0.2) is 45.4 Å². The molecule has 5 rings (SSSR count). The number of nitrogens with one attached hydrogen (secondary N) is 1. The summed E-state index contributed by atoms with van der Waals surface area (Å²) in [5, 5.41) is 2.91. The van der Waals surface area contributed by atoms with Crippen molar-refractivity contribution in [3.63, 3.8) is 0 Å². The van der Waals surface area contributed by atoms with Gasteiger partial charge in [0.05, 0.1) is 35.5 Å². The van der Waals surface area contributed by atoms with Crippen LogP contribution in [0.4, 0.5) is 39.4 Å². The summed E-state index contributed by atoms with van der Waals surface area (Å²) < 4.78 is 76.2. The molecule has 2 aromatic heterocycles.